The second-order valence-electron chi connectivity index (χ2n) is 10.2. The average molecular weight is 572 g/mol. The van der Waals surface area contributed by atoms with E-state index in [1.165, 1.54) is 18.6 Å². The predicted molar refractivity (Wildman–Crippen MR) is 172 cm³/mol. The van der Waals surface area contributed by atoms with E-state index in [2.05, 4.69) is 54.2 Å². The van der Waals surface area contributed by atoms with E-state index >= 15 is 0 Å². The summed E-state index contributed by atoms with van der Waals surface area (Å²) >= 11 is 0. The van der Waals surface area contributed by atoms with E-state index < -0.39 is 0 Å². The van der Waals surface area contributed by atoms with Gasteiger partial charge >= 0.3 is 0 Å². The molecule has 2 aromatic carbocycles. The minimum Gasteiger partial charge on any atom is -0.492 e. The monoisotopic (exact) mass is 571 g/mol. The zero-order chi connectivity index (χ0) is 30.1. The summed E-state index contributed by atoms with van der Waals surface area (Å²) < 4.78 is 6.05. The number of hydrogen-bond donors (Lipinski definition) is 4. The molecule has 0 unspecified atom stereocenters. The molecule has 0 bridgehead atoms. The van der Waals surface area contributed by atoms with Crippen molar-refractivity contribution in [3.05, 3.63) is 60.9 Å². The second-order valence-corrected chi connectivity index (χ2v) is 10.2. The van der Waals surface area contributed by atoms with Crippen molar-refractivity contribution in [3.8, 4) is 17.0 Å². The number of hydrogen-bond acceptors (Lipinski definition) is 10. The molecule has 4 N–H and O–H groups in total. The molecule has 11 heteroatoms. The molecule has 1 saturated heterocycles. The van der Waals surface area contributed by atoms with Crippen molar-refractivity contribution in [3.63, 3.8) is 0 Å². The summed E-state index contributed by atoms with van der Waals surface area (Å²) in [5.74, 6) is 0.905. The van der Waals surface area contributed by atoms with Crippen molar-refractivity contribution < 1.29 is 9.53 Å². The SMILES string of the molecule is C=CC(=O)Nc1cc(Nc2cc(-c3ccc(NC)c(C=N)c3)ncn2)c(OCC)cc1N(C)CCN1CCN(C)CC1. The lowest BCUT2D eigenvalue weighted by Gasteiger charge is -2.34. The third-order valence-corrected chi connectivity index (χ3v) is 7.30. The van der Waals surface area contributed by atoms with Gasteiger partial charge in [0, 0.05) is 88.5 Å². The van der Waals surface area contributed by atoms with E-state index in [9.17, 15) is 4.79 Å². The van der Waals surface area contributed by atoms with Gasteiger partial charge in [-0.1, -0.05) is 12.6 Å². The lowest BCUT2D eigenvalue weighted by Crippen LogP contribution is -2.46. The quantitative estimate of drug-likeness (QED) is 0.177. The first-order valence-corrected chi connectivity index (χ1v) is 14.1. The van der Waals surface area contributed by atoms with Crippen LogP contribution < -0.4 is 25.6 Å². The molecule has 0 spiro atoms. The first-order chi connectivity index (χ1) is 20.3. The highest BCUT2D eigenvalue weighted by Gasteiger charge is 2.19. The summed E-state index contributed by atoms with van der Waals surface area (Å²) in [5.41, 5.74) is 5.33. The van der Waals surface area contributed by atoms with Crippen LogP contribution in [-0.4, -0.2) is 98.9 Å². The third kappa shape index (κ3) is 7.62. The minimum atomic E-state index is -0.296. The van der Waals surface area contributed by atoms with Crippen molar-refractivity contribution in [2.75, 3.05) is 87.9 Å². The molecule has 1 aliphatic heterocycles. The Kier molecular flexibility index (Phi) is 10.5. The van der Waals surface area contributed by atoms with Gasteiger partial charge in [-0.05, 0) is 38.2 Å². The molecule has 0 saturated carbocycles. The van der Waals surface area contributed by atoms with Gasteiger partial charge in [0.05, 0.1) is 29.4 Å². The Balaban J connectivity index is 1.63. The molecule has 3 aromatic rings. The Hall–Kier alpha value is -4.48. The van der Waals surface area contributed by atoms with Crippen molar-refractivity contribution in [1.82, 2.24) is 19.8 Å². The molecule has 1 aromatic heterocycles. The van der Waals surface area contributed by atoms with Crippen LogP contribution in [0.3, 0.4) is 0 Å². The number of carbonyl (C=O) groups is 1. The summed E-state index contributed by atoms with van der Waals surface area (Å²) in [5, 5.41) is 17.2. The summed E-state index contributed by atoms with van der Waals surface area (Å²) in [4.78, 5) is 28.2. The van der Waals surface area contributed by atoms with Crippen LogP contribution in [0.25, 0.3) is 11.3 Å². The maximum atomic E-state index is 12.4. The molecule has 2 heterocycles. The fraction of sp³-hybridized carbons (Fsp3) is 0.355. The van der Waals surface area contributed by atoms with Gasteiger partial charge in [0.25, 0.3) is 0 Å². The van der Waals surface area contributed by atoms with Crippen LogP contribution in [0.1, 0.15) is 12.5 Å². The molecule has 0 aliphatic carbocycles. The topological polar surface area (TPSA) is 122 Å². The normalized spacial score (nSPS) is 13.7. The number of carbonyl (C=O) groups excluding carboxylic acids is 1. The molecule has 1 amide bonds. The number of likely N-dealkylation sites (N-methyl/N-ethyl adjacent to an activating group) is 2. The Labute approximate surface area is 248 Å². The minimum absolute atomic E-state index is 0.296. The maximum absolute atomic E-state index is 12.4. The second kappa shape index (κ2) is 14.4. The van der Waals surface area contributed by atoms with E-state index in [-0.39, 0.29) is 5.91 Å². The van der Waals surface area contributed by atoms with Crippen LogP contribution in [0.15, 0.2) is 55.4 Å². The summed E-state index contributed by atoms with van der Waals surface area (Å²) in [6, 6.07) is 11.4. The number of ether oxygens (including phenoxy) is 1. The van der Waals surface area contributed by atoms with Crippen molar-refractivity contribution in [2.24, 2.45) is 0 Å². The maximum Gasteiger partial charge on any atom is 0.247 e. The Morgan fingerprint density at radius 1 is 1.12 bits per heavy atom. The van der Waals surface area contributed by atoms with Crippen molar-refractivity contribution >= 4 is 40.7 Å². The number of anilines is 5. The van der Waals surface area contributed by atoms with Gasteiger partial charge in [0.2, 0.25) is 5.91 Å². The fourth-order valence-electron chi connectivity index (χ4n) is 4.82. The molecule has 0 atom stereocenters. The van der Waals surface area contributed by atoms with Crippen LogP contribution in [0, 0.1) is 5.41 Å². The first kappa shape index (κ1) is 30.5. The number of nitrogens with one attached hydrogen (secondary N) is 4. The van der Waals surface area contributed by atoms with Gasteiger partial charge in [-0.3, -0.25) is 9.69 Å². The largest absolute Gasteiger partial charge is 0.492 e. The number of nitrogens with zero attached hydrogens (tertiary/aromatic N) is 5. The highest BCUT2D eigenvalue weighted by atomic mass is 16.5. The number of benzene rings is 2. The Bertz CT molecular complexity index is 1400. The van der Waals surface area contributed by atoms with Crippen LogP contribution >= 0.6 is 0 Å². The van der Waals surface area contributed by atoms with Crippen LogP contribution in [0.4, 0.5) is 28.6 Å². The highest BCUT2D eigenvalue weighted by Crippen LogP contribution is 2.38. The Morgan fingerprint density at radius 2 is 1.90 bits per heavy atom. The average Bonchev–Trinajstić information content (AvgIpc) is 3.01. The van der Waals surface area contributed by atoms with Crippen LogP contribution in [-0.2, 0) is 4.79 Å². The molecule has 1 fully saturated rings. The van der Waals surface area contributed by atoms with Gasteiger partial charge in [0.1, 0.15) is 17.9 Å². The van der Waals surface area contributed by atoms with Gasteiger partial charge in [-0.2, -0.15) is 0 Å². The van der Waals surface area contributed by atoms with E-state index in [0.717, 1.165) is 61.8 Å². The molecular formula is C31H41N9O2. The van der Waals surface area contributed by atoms with Crippen LogP contribution in [0.5, 0.6) is 5.75 Å². The standard InChI is InChI=1S/C31H41N9O2/c1-6-31(41)37-26-17-27(29(42-7-2)19-28(26)39(5)12-15-40-13-10-38(4)11-14-40)36-30-18-25(34-21-35-30)22-8-9-24(33-3)23(16-22)20-32/h6,8-9,16-21,32-33H,1,7,10-15H2,2-5H3,(H,37,41)(H,34,35,36). The fourth-order valence-corrected chi connectivity index (χ4v) is 4.82. The highest BCUT2D eigenvalue weighted by molar-refractivity contribution is 6.02. The zero-order valence-corrected chi connectivity index (χ0v) is 24.9. The van der Waals surface area contributed by atoms with E-state index in [0.29, 0.717) is 35.2 Å². The number of piperazine rings is 1. The summed E-state index contributed by atoms with van der Waals surface area (Å²) in [7, 11) is 6.00. The Morgan fingerprint density at radius 3 is 2.60 bits per heavy atom. The molecular weight excluding hydrogens is 530 g/mol. The van der Waals surface area contributed by atoms with Crippen molar-refractivity contribution in [1.29, 1.82) is 5.41 Å². The van der Waals surface area contributed by atoms with Gasteiger partial charge in [0.15, 0.2) is 0 Å². The lowest BCUT2D eigenvalue weighted by atomic mass is 10.1. The lowest BCUT2D eigenvalue weighted by molar-refractivity contribution is -0.111. The van der Waals surface area contributed by atoms with Crippen LogP contribution in [0.2, 0.25) is 0 Å². The molecule has 4 rings (SSSR count). The number of amides is 1. The summed E-state index contributed by atoms with van der Waals surface area (Å²) in [6.45, 7) is 12.0. The van der Waals surface area contributed by atoms with Gasteiger partial charge in [-0.15, -0.1) is 0 Å². The predicted octanol–water partition coefficient (Wildman–Crippen LogP) is 4.13. The smallest absolute Gasteiger partial charge is 0.247 e. The van der Waals surface area contributed by atoms with Gasteiger partial charge < -0.3 is 35.9 Å². The molecule has 11 nitrogen and oxygen atoms in total. The molecule has 42 heavy (non-hydrogen) atoms. The van der Waals surface area contributed by atoms with E-state index in [1.54, 1.807) is 0 Å². The molecule has 222 valence electrons. The summed E-state index contributed by atoms with van der Waals surface area (Å²) in [6.07, 6.45) is 4.07. The zero-order valence-electron chi connectivity index (χ0n) is 24.9. The number of aromatic nitrogens is 2. The molecule has 0 radical (unpaired) electrons. The van der Waals surface area contributed by atoms with E-state index in [4.69, 9.17) is 10.1 Å². The number of rotatable bonds is 13. The van der Waals surface area contributed by atoms with Gasteiger partial charge in [-0.25, -0.2) is 9.97 Å². The third-order valence-electron chi connectivity index (χ3n) is 7.30. The van der Waals surface area contributed by atoms with Crippen molar-refractivity contribution in [2.45, 2.75) is 6.92 Å². The van der Waals surface area contributed by atoms with E-state index in [1.807, 2.05) is 57.4 Å². The first-order valence-electron chi connectivity index (χ1n) is 14.1. The molecule has 1 aliphatic rings.